The topological polar surface area (TPSA) is 79.3 Å². The Labute approximate surface area is 203 Å². The lowest BCUT2D eigenvalue weighted by Gasteiger charge is -2.21. The average molecular weight is 472 g/mol. The molecule has 0 radical (unpaired) electrons. The number of aryl methyl sites for hydroxylation is 1. The number of rotatable bonds is 7. The molecule has 178 valence electrons. The van der Waals surface area contributed by atoms with Crippen molar-refractivity contribution in [2.24, 2.45) is 0 Å². The number of aromatic nitrogens is 2. The molecule has 4 rings (SSSR count). The van der Waals surface area contributed by atoms with Gasteiger partial charge in [-0.05, 0) is 50.2 Å². The summed E-state index contributed by atoms with van der Waals surface area (Å²) in [5.41, 5.74) is 3.85. The predicted molar refractivity (Wildman–Crippen MR) is 135 cm³/mol. The molecule has 35 heavy (non-hydrogen) atoms. The summed E-state index contributed by atoms with van der Waals surface area (Å²) in [5, 5.41) is 10.3. The Morgan fingerprint density at radius 1 is 0.943 bits per heavy atom. The highest BCUT2D eigenvalue weighted by atomic mass is 19.1. The van der Waals surface area contributed by atoms with Crippen LogP contribution in [0.25, 0.3) is 16.9 Å². The van der Waals surface area contributed by atoms with Crippen molar-refractivity contribution in [3.63, 3.8) is 0 Å². The van der Waals surface area contributed by atoms with Gasteiger partial charge in [-0.15, -0.1) is 0 Å². The van der Waals surface area contributed by atoms with Crippen molar-refractivity contribution < 1.29 is 14.0 Å². The molecule has 0 saturated carbocycles. The van der Waals surface area contributed by atoms with E-state index in [0.717, 1.165) is 11.1 Å². The minimum Gasteiger partial charge on any atom is -0.315 e. The van der Waals surface area contributed by atoms with Gasteiger partial charge in [0.25, 0.3) is 0 Å². The van der Waals surface area contributed by atoms with Gasteiger partial charge in [-0.1, -0.05) is 48.0 Å². The first kappa shape index (κ1) is 23.7. The first-order chi connectivity index (χ1) is 16.9. The first-order valence-corrected chi connectivity index (χ1v) is 11.3. The van der Waals surface area contributed by atoms with E-state index in [-0.39, 0.29) is 24.3 Å². The molecule has 0 aliphatic rings. The van der Waals surface area contributed by atoms with Gasteiger partial charge in [-0.3, -0.25) is 4.79 Å². The summed E-state index contributed by atoms with van der Waals surface area (Å²) in [6.07, 6.45) is 0. The minimum absolute atomic E-state index is 0.149. The first-order valence-electron chi connectivity index (χ1n) is 11.3. The molecule has 2 N–H and O–H groups in total. The average Bonchev–Trinajstić information content (AvgIpc) is 3.28. The molecule has 0 spiro atoms. The van der Waals surface area contributed by atoms with Gasteiger partial charge >= 0.3 is 6.03 Å². The van der Waals surface area contributed by atoms with E-state index in [1.807, 2.05) is 61.5 Å². The third-order valence-corrected chi connectivity index (χ3v) is 5.42. The fourth-order valence-corrected chi connectivity index (χ4v) is 3.52. The number of carbonyl (C=O) groups excluding carboxylic acids is 2. The largest absolute Gasteiger partial charge is 0.322 e. The van der Waals surface area contributed by atoms with Crippen molar-refractivity contribution >= 4 is 23.4 Å². The number of nitrogens with zero attached hydrogens (tertiary/aromatic N) is 3. The number of halogens is 1. The summed E-state index contributed by atoms with van der Waals surface area (Å²) < 4.78 is 15.0. The normalized spacial score (nSPS) is 10.6. The van der Waals surface area contributed by atoms with E-state index < -0.39 is 0 Å². The zero-order valence-electron chi connectivity index (χ0n) is 19.5. The van der Waals surface area contributed by atoms with Gasteiger partial charge in [0.2, 0.25) is 5.91 Å². The zero-order valence-corrected chi connectivity index (χ0v) is 19.5. The smallest absolute Gasteiger partial charge is 0.315 e. The third kappa shape index (κ3) is 5.92. The number of benzene rings is 3. The number of urea groups is 1. The molecule has 3 amide bonds. The number of anilines is 2. The second-order valence-corrected chi connectivity index (χ2v) is 8.03. The van der Waals surface area contributed by atoms with Crippen LogP contribution in [-0.2, 0) is 4.79 Å². The van der Waals surface area contributed by atoms with Crippen molar-refractivity contribution in [1.29, 1.82) is 0 Å². The van der Waals surface area contributed by atoms with E-state index in [0.29, 0.717) is 29.4 Å². The minimum atomic E-state index is -0.381. The Balaban J connectivity index is 1.53. The van der Waals surface area contributed by atoms with Crippen molar-refractivity contribution in [2.45, 2.75) is 13.8 Å². The van der Waals surface area contributed by atoms with E-state index in [1.54, 1.807) is 29.8 Å². The molecule has 0 fully saturated rings. The summed E-state index contributed by atoms with van der Waals surface area (Å²) in [6, 6.07) is 24.2. The van der Waals surface area contributed by atoms with E-state index in [1.165, 1.54) is 17.0 Å². The van der Waals surface area contributed by atoms with E-state index in [2.05, 4.69) is 15.7 Å². The Hall–Kier alpha value is -4.46. The number of nitrogens with one attached hydrogen (secondary N) is 2. The van der Waals surface area contributed by atoms with Crippen LogP contribution in [0, 0.1) is 12.7 Å². The number of hydrogen-bond donors (Lipinski definition) is 2. The number of carbonyl (C=O) groups is 2. The van der Waals surface area contributed by atoms with Crippen molar-refractivity contribution in [3.05, 3.63) is 96.3 Å². The Bertz CT molecular complexity index is 1300. The highest BCUT2D eigenvalue weighted by molar-refractivity contribution is 5.97. The van der Waals surface area contributed by atoms with Crippen molar-refractivity contribution in [1.82, 2.24) is 14.7 Å². The molecule has 0 unspecified atom stereocenters. The van der Waals surface area contributed by atoms with Crippen LogP contribution in [0.4, 0.5) is 20.7 Å². The Morgan fingerprint density at radius 3 is 2.29 bits per heavy atom. The fourth-order valence-electron chi connectivity index (χ4n) is 3.52. The van der Waals surface area contributed by atoms with E-state index in [9.17, 15) is 14.0 Å². The lowest BCUT2D eigenvalue weighted by atomic mass is 10.1. The zero-order chi connectivity index (χ0) is 24.8. The van der Waals surface area contributed by atoms with Crippen LogP contribution >= 0.6 is 0 Å². The molecular formula is C27H26FN5O2. The Morgan fingerprint density at radius 2 is 1.63 bits per heavy atom. The van der Waals surface area contributed by atoms with Crippen LogP contribution in [0.15, 0.2) is 84.9 Å². The van der Waals surface area contributed by atoms with Crippen LogP contribution in [0.2, 0.25) is 0 Å². The van der Waals surface area contributed by atoms with Crippen LogP contribution in [0.1, 0.15) is 12.5 Å². The Kier molecular flexibility index (Phi) is 7.21. The van der Waals surface area contributed by atoms with Crippen LogP contribution in [0.3, 0.4) is 0 Å². The molecule has 3 aromatic carbocycles. The molecule has 1 aromatic heterocycles. The SMILES string of the molecule is CCN(CC(=O)Nc1cc(-c2ccccc2)nn1-c1ccc(F)cc1)C(=O)Nc1ccc(C)cc1. The van der Waals surface area contributed by atoms with Gasteiger partial charge in [0.1, 0.15) is 18.2 Å². The van der Waals surface area contributed by atoms with Gasteiger partial charge < -0.3 is 15.5 Å². The van der Waals surface area contributed by atoms with Crippen LogP contribution in [-0.4, -0.2) is 39.7 Å². The summed E-state index contributed by atoms with van der Waals surface area (Å²) in [5.74, 6) is -0.336. The van der Waals surface area contributed by atoms with Crippen LogP contribution < -0.4 is 10.6 Å². The standard InChI is InChI=1S/C27H26FN5O2/c1-3-32(27(35)29-22-13-9-19(2)10-14-22)18-26(34)30-25-17-24(20-7-5-4-6-8-20)31-33(25)23-15-11-21(28)12-16-23/h4-17H,3,18H2,1-2H3,(H,29,35)(H,30,34). The molecule has 7 nitrogen and oxygen atoms in total. The van der Waals surface area contributed by atoms with Gasteiger partial charge in [0, 0.05) is 23.9 Å². The molecule has 0 aliphatic carbocycles. The van der Waals surface area contributed by atoms with Crippen LogP contribution in [0.5, 0.6) is 0 Å². The van der Waals surface area contributed by atoms with E-state index >= 15 is 0 Å². The second kappa shape index (κ2) is 10.6. The third-order valence-electron chi connectivity index (χ3n) is 5.42. The van der Waals surface area contributed by atoms with Gasteiger partial charge in [-0.25, -0.2) is 13.9 Å². The second-order valence-electron chi connectivity index (χ2n) is 8.03. The van der Waals surface area contributed by atoms with E-state index in [4.69, 9.17) is 0 Å². The predicted octanol–water partition coefficient (Wildman–Crippen LogP) is 5.48. The molecule has 4 aromatic rings. The van der Waals surface area contributed by atoms with Crippen molar-refractivity contribution in [3.8, 4) is 16.9 Å². The lowest BCUT2D eigenvalue weighted by molar-refractivity contribution is -0.116. The quantitative estimate of drug-likeness (QED) is 0.375. The highest BCUT2D eigenvalue weighted by Gasteiger charge is 2.19. The van der Waals surface area contributed by atoms with Gasteiger partial charge in [0.15, 0.2) is 0 Å². The summed E-state index contributed by atoms with van der Waals surface area (Å²) >= 11 is 0. The number of amides is 3. The van der Waals surface area contributed by atoms with Crippen molar-refractivity contribution in [2.75, 3.05) is 23.7 Å². The molecule has 8 heteroatoms. The number of likely N-dealkylation sites (N-methyl/N-ethyl adjacent to an activating group) is 1. The fraction of sp³-hybridized carbons (Fsp3) is 0.148. The maximum atomic E-state index is 13.5. The molecule has 0 bridgehead atoms. The maximum absolute atomic E-state index is 13.5. The van der Waals surface area contributed by atoms with Gasteiger partial charge in [-0.2, -0.15) is 5.10 Å². The maximum Gasteiger partial charge on any atom is 0.322 e. The molecule has 1 heterocycles. The highest BCUT2D eigenvalue weighted by Crippen LogP contribution is 2.25. The van der Waals surface area contributed by atoms with Gasteiger partial charge in [0.05, 0.1) is 11.4 Å². The monoisotopic (exact) mass is 471 g/mol. The molecular weight excluding hydrogens is 445 g/mol. The molecule has 0 aliphatic heterocycles. The summed E-state index contributed by atoms with van der Waals surface area (Å²) in [6.45, 7) is 3.97. The summed E-state index contributed by atoms with van der Waals surface area (Å²) in [7, 11) is 0. The molecule has 0 atom stereocenters. The lowest BCUT2D eigenvalue weighted by Crippen LogP contribution is -2.40. The number of hydrogen-bond acceptors (Lipinski definition) is 3. The summed E-state index contributed by atoms with van der Waals surface area (Å²) in [4.78, 5) is 27.0. The molecule has 0 saturated heterocycles.